The van der Waals surface area contributed by atoms with Gasteiger partial charge in [-0.25, -0.2) is 9.37 Å². The number of fused-ring (bicyclic) bond motifs is 2. The first kappa shape index (κ1) is 20.4. The van der Waals surface area contributed by atoms with Crippen LogP contribution in [-0.2, 0) is 6.54 Å². The minimum atomic E-state index is -0.472. The number of para-hydroxylation sites is 1. The van der Waals surface area contributed by atoms with E-state index in [1.165, 1.54) is 18.3 Å². The molecule has 0 atom stereocenters. The fourth-order valence-electron chi connectivity index (χ4n) is 4.18. The fraction of sp³-hybridized carbons (Fsp3) is 0.217. The van der Waals surface area contributed by atoms with Crippen molar-refractivity contribution >= 4 is 39.1 Å². The van der Waals surface area contributed by atoms with Crippen molar-refractivity contribution in [2.75, 3.05) is 31.1 Å². The maximum atomic E-state index is 14.3. The molecule has 1 fully saturated rings. The van der Waals surface area contributed by atoms with Gasteiger partial charge in [0.1, 0.15) is 23.2 Å². The molecule has 1 aliphatic heterocycles. The molecule has 0 unspecified atom stereocenters. The van der Waals surface area contributed by atoms with Crippen molar-refractivity contribution in [2.24, 2.45) is 0 Å². The Hall–Kier alpha value is -3.54. The summed E-state index contributed by atoms with van der Waals surface area (Å²) in [6.45, 7) is 3.08. The SMILES string of the molecule is N#Cc1cnc2c(F)ccc(Cl)c2c1N1CCN(Cc2nc3ccccc3c(=O)[nH]2)CC1. The molecule has 1 aliphatic rings. The molecule has 0 spiro atoms. The standard InChI is InChI=1S/C23H18ClFN6O/c24-16-5-6-17(25)21-20(16)22(14(11-26)12-27-21)31-9-7-30(8-10-31)13-19-28-18-4-2-1-3-15(18)23(32)29-19/h1-6,12H,7-10,13H2,(H,28,29,32). The molecule has 1 N–H and O–H groups in total. The van der Waals surface area contributed by atoms with E-state index in [4.69, 9.17) is 11.6 Å². The summed E-state index contributed by atoms with van der Waals surface area (Å²) in [5, 5.41) is 11.0. The summed E-state index contributed by atoms with van der Waals surface area (Å²) in [6, 6.07) is 12.2. The number of hydrogen-bond donors (Lipinski definition) is 1. The highest BCUT2D eigenvalue weighted by Crippen LogP contribution is 2.36. The van der Waals surface area contributed by atoms with Gasteiger partial charge in [-0.15, -0.1) is 0 Å². The second kappa shape index (κ2) is 8.19. The average Bonchev–Trinajstić information content (AvgIpc) is 2.81. The maximum absolute atomic E-state index is 14.3. The summed E-state index contributed by atoms with van der Waals surface area (Å²) in [4.78, 5) is 28.1. The topological polar surface area (TPSA) is 88.9 Å². The Kier molecular flexibility index (Phi) is 5.21. The van der Waals surface area contributed by atoms with E-state index in [9.17, 15) is 14.4 Å². The van der Waals surface area contributed by atoms with Gasteiger partial charge >= 0.3 is 0 Å². The first-order valence-corrected chi connectivity index (χ1v) is 10.5. The van der Waals surface area contributed by atoms with Crippen molar-refractivity contribution in [3.63, 3.8) is 0 Å². The van der Waals surface area contributed by atoms with Gasteiger partial charge in [0.15, 0.2) is 0 Å². The van der Waals surface area contributed by atoms with Gasteiger partial charge in [0.2, 0.25) is 0 Å². The van der Waals surface area contributed by atoms with E-state index < -0.39 is 5.82 Å². The van der Waals surface area contributed by atoms with Crippen LogP contribution in [0.1, 0.15) is 11.4 Å². The molecule has 2 aromatic carbocycles. The molecule has 3 heterocycles. The van der Waals surface area contributed by atoms with E-state index in [2.05, 4.69) is 25.9 Å². The van der Waals surface area contributed by atoms with Crippen LogP contribution in [-0.4, -0.2) is 46.0 Å². The lowest BCUT2D eigenvalue weighted by atomic mass is 10.1. The fourth-order valence-corrected chi connectivity index (χ4v) is 4.42. The highest BCUT2D eigenvalue weighted by Gasteiger charge is 2.24. The van der Waals surface area contributed by atoms with Crippen LogP contribution in [0.15, 0.2) is 47.4 Å². The Bertz CT molecular complexity index is 1440. The van der Waals surface area contributed by atoms with Crippen LogP contribution in [0.3, 0.4) is 0 Å². The molecular weight excluding hydrogens is 431 g/mol. The first-order valence-electron chi connectivity index (χ1n) is 10.2. The second-order valence-electron chi connectivity index (χ2n) is 7.68. The number of nitrogens with one attached hydrogen (secondary N) is 1. The van der Waals surface area contributed by atoms with Crippen molar-refractivity contribution in [3.05, 3.63) is 75.2 Å². The van der Waals surface area contributed by atoms with E-state index in [-0.39, 0.29) is 11.1 Å². The minimum absolute atomic E-state index is 0.150. The normalized spacial score (nSPS) is 14.7. The summed E-state index contributed by atoms with van der Waals surface area (Å²) in [6.07, 6.45) is 1.40. The number of aromatic nitrogens is 3. The smallest absolute Gasteiger partial charge is 0.258 e. The zero-order valence-electron chi connectivity index (χ0n) is 17.0. The Labute approximate surface area is 187 Å². The van der Waals surface area contributed by atoms with Gasteiger partial charge in [0.25, 0.3) is 5.56 Å². The van der Waals surface area contributed by atoms with Gasteiger partial charge in [-0.2, -0.15) is 5.26 Å². The number of benzene rings is 2. The minimum Gasteiger partial charge on any atom is -0.367 e. The van der Waals surface area contributed by atoms with E-state index in [0.29, 0.717) is 71.1 Å². The number of anilines is 1. The molecule has 0 saturated carbocycles. The molecule has 0 radical (unpaired) electrons. The zero-order valence-corrected chi connectivity index (χ0v) is 17.7. The van der Waals surface area contributed by atoms with Crippen LogP contribution in [0.2, 0.25) is 5.02 Å². The van der Waals surface area contributed by atoms with E-state index in [0.717, 1.165) is 0 Å². The van der Waals surface area contributed by atoms with Crippen LogP contribution in [0, 0.1) is 17.1 Å². The molecule has 2 aromatic heterocycles. The summed E-state index contributed by atoms with van der Waals surface area (Å²) >= 11 is 6.39. The maximum Gasteiger partial charge on any atom is 0.258 e. The van der Waals surface area contributed by atoms with Gasteiger partial charge in [-0.3, -0.25) is 14.7 Å². The first-order chi connectivity index (χ1) is 15.5. The lowest BCUT2D eigenvalue weighted by Gasteiger charge is -2.36. The van der Waals surface area contributed by atoms with Crippen LogP contribution in [0.5, 0.6) is 0 Å². The van der Waals surface area contributed by atoms with Crippen LogP contribution >= 0.6 is 11.6 Å². The average molecular weight is 449 g/mol. The van der Waals surface area contributed by atoms with Crippen molar-refractivity contribution < 1.29 is 4.39 Å². The largest absolute Gasteiger partial charge is 0.367 e. The molecule has 1 saturated heterocycles. The van der Waals surface area contributed by atoms with Crippen LogP contribution in [0.25, 0.3) is 21.8 Å². The Balaban J connectivity index is 1.40. The lowest BCUT2D eigenvalue weighted by Crippen LogP contribution is -2.46. The molecule has 160 valence electrons. The van der Waals surface area contributed by atoms with Gasteiger partial charge in [0.05, 0.1) is 33.7 Å². The van der Waals surface area contributed by atoms with Gasteiger partial charge in [-0.05, 0) is 24.3 Å². The molecule has 32 heavy (non-hydrogen) atoms. The summed E-state index contributed by atoms with van der Waals surface area (Å²) in [5.74, 6) is 0.138. The summed E-state index contributed by atoms with van der Waals surface area (Å²) < 4.78 is 14.3. The molecule has 0 bridgehead atoms. The number of H-pyrrole nitrogens is 1. The lowest BCUT2D eigenvalue weighted by molar-refractivity contribution is 0.244. The number of aromatic amines is 1. The van der Waals surface area contributed by atoms with Crippen molar-refractivity contribution in [1.29, 1.82) is 5.26 Å². The van der Waals surface area contributed by atoms with E-state index in [1.807, 2.05) is 23.1 Å². The Morgan fingerprint density at radius 2 is 1.94 bits per heavy atom. The highest BCUT2D eigenvalue weighted by atomic mass is 35.5. The quantitative estimate of drug-likeness (QED) is 0.516. The predicted octanol–water partition coefficient (Wildman–Crippen LogP) is 3.46. The van der Waals surface area contributed by atoms with Crippen molar-refractivity contribution in [1.82, 2.24) is 19.9 Å². The van der Waals surface area contributed by atoms with Crippen LogP contribution in [0.4, 0.5) is 10.1 Å². The van der Waals surface area contributed by atoms with E-state index in [1.54, 1.807) is 6.07 Å². The molecule has 0 aliphatic carbocycles. The third kappa shape index (κ3) is 3.55. The van der Waals surface area contributed by atoms with Crippen molar-refractivity contribution in [2.45, 2.75) is 6.54 Å². The molecule has 5 rings (SSSR count). The van der Waals surface area contributed by atoms with Gasteiger partial charge in [0, 0.05) is 37.8 Å². The molecule has 9 heteroatoms. The van der Waals surface area contributed by atoms with Crippen LogP contribution < -0.4 is 10.5 Å². The zero-order chi connectivity index (χ0) is 22.2. The second-order valence-corrected chi connectivity index (χ2v) is 8.09. The third-order valence-corrected chi connectivity index (χ3v) is 6.05. The molecule has 4 aromatic rings. The highest BCUT2D eigenvalue weighted by molar-refractivity contribution is 6.36. The number of rotatable bonds is 3. The molecular formula is C23H18ClFN6O. The van der Waals surface area contributed by atoms with E-state index >= 15 is 0 Å². The number of halogens is 2. The monoisotopic (exact) mass is 448 g/mol. The number of nitriles is 1. The number of piperazine rings is 1. The van der Waals surface area contributed by atoms with Gasteiger partial charge in [-0.1, -0.05) is 23.7 Å². The molecule has 7 nitrogen and oxygen atoms in total. The summed E-state index contributed by atoms with van der Waals surface area (Å²) in [7, 11) is 0. The number of nitrogens with zero attached hydrogens (tertiary/aromatic N) is 5. The third-order valence-electron chi connectivity index (χ3n) is 5.74. The van der Waals surface area contributed by atoms with Crippen molar-refractivity contribution in [3.8, 4) is 6.07 Å². The van der Waals surface area contributed by atoms with Gasteiger partial charge < -0.3 is 9.88 Å². The Morgan fingerprint density at radius 1 is 1.16 bits per heavy atom. The number of hydrogen-bond acceptors (Lipinski definition) is 6. The molecule has 0 amide bonds. The predicted molar refractivity (Wildman–Crippen MR) is 121 cm³/mol. The Morgan fingerprint density at radius 3 is 2.72 bits per heavy atom. The summed E-state index contributed by atoms with van der Waals surface area (Å²) in [5.41, 5.74) is 1.65. The number of pyridine rings is 1.